The Bertz CT molecular complexity index is 496. The largest absolute Gasteiger partial charge is 0.368 e. The van der Waals surface area contributed by atoms with Crippen LogP contribution in [0.1, 0.15) is 31.4 Å². The molecule has 1 rings (SSSR count). The number of amides is 1. The molecule has 0 unspecified atom stereocenters. The Labute approximate surface area is 122 Å². The van der Waals surface area contributed by atoms with E-state index in [4.69, 9.17) is 11.0 Å². The van der Waals surface area contributed by atoms with Crippen LogP contribution < -0.4 is 11.1 Å². The van der Waals surface area contributed by atoms with E-state index in [0.29, 0.717) is 12.1 Å². The third-order valence-corrected chi connectivity index (χ3v) is 3.95. The molecule has 5 heteroatoms. The number of carbonyl (C=O) groups is 1. The second-order valence-corrected chi connectivity index (χ2v) is 5.42. The number of halogens is 1. The molecule has 0 aliphatic rings. The van der Waals surface area contributed by atoms with Gasteiger partial charge in [0, 0.05) is 11.0 Å². The predicted molar refractivity (Wildman–Crippen MR) is 78.1 cm³/mol. The van der Waals surface area contributed by atoms with Gasteiger partial charge in [0.05, 0.1) is 17.7 Å². The molecule has 0 saturated heterocycles. The number of primary amides is 1. The van der Waals surface area contributed by atoms with Crippen molar-refractivity contribution in [3.05, 3.63) is 33.8 Å². The first kappa shape index (κ1) is 15.7. The minimum absolute atomic E-state index is 0.189. The lowest BCUT2D eigenvalue weighted by Crippen LogP contribution is -2.45. The molecule has 0 aliphatic heterocycles. The molecule has 0 bridgehead atoms. The Morgan fingerprint density at radius 2 is 2.26 bits per heavy atom. The van der Waals surface area contributed by atoms with Crippen molar-refractivity contribution >= 4 is 21.8 Å². The fourth-order valence-corrected chi connectivity index (χ4v) is 2.32. The van der Waals surface area contributed by atoms with Gasteiger partial charge in [-0.1, -0.05) is 42.3 Å². The molecular weight excluding hydrogens is 306 g/mol. The molecule has 1 aromatic carbocycles. The van der Waals surface area contributed by atoms with Gasteiger partial charge in [-0.2, -0.15) is 5.26 Å². The molecule has 0 aliphatic carbocycles. The summed E-state index contributed by atoms with van der Waals surface area (Å²) >= 11 is 3.42. The maximum Gasteiger partial charge on any atom is 0.234 e. The summed E-state index contributed by atoms with van der Waals surface area (Å²) in [5.74, 6) is -0.145. The van der Waals surface area contributed by atoms with Crippen molar-refractivity contribution in [3.8, 4) is 6.07 Å². The summed E-state index contributed by atoms with van der Waals surface area (Å²) in [5, 5.41) is 12.0. The summed E-state index contributed by atoms with van der Waals surface area (Å²) < 4.78 is 0.853. The molecule has 0 saturated carbocycles. The number of nitriles is 1. The van der Waals surface area contributed by atoms with Crippen molar-refractivity contribution in [1.82, 2.24) is 5.32 Å². The SMILES string of the molecule is CC[C@@H](C)[C@@H](NCc1ccc(C#N)cc1Br)C(N)=O. The van der Waals surface area contributed by atoms with E-state index in [1.54, 1.807) is 12.1 Å². The lowest BCUT2D eigenvalue weighted by atomic mass is 9.98. The van der Waals surface area contributed by atoms with Crippen LogP contribution in [-0.2, 0) is 11.3 Å². The number of nitrogens with two attached hydrogens (primary N) is 1. The molecule has 4 nitrogen and oxygen atoms in total. The van der Waals surface area contributed by atoms with Crippen LogP contribution in [0, 0.1) is 17.2 Å². The lowest BCUT2D eigenvalue weighted by molar-refractivity contribution is -0.121. The van der Waals surface area contributed by atoms with Gasteiger partial charge >= 0.3 is 0 Å². The highest BCUT2D eigenvalue weighted by Crippen LogP contribution is 2.19. The molecule has 0 radical (unpaired) electrons. The van der Waals surface area contributed by atoms with E-state index in [9.17, 15) is 4.79 Å². The van der Waals surface area contributed by atoms with Crippen molar-refractivity contribution in [2.75, 3.05) is 0 Å². The van der Waals surface area contributed by atoms with Crippen molar-refractivity contribution in [1.29, 1.82) is 5.26 Å². The van der Waals surface area contributed by atoms with E-state index < -0.39 is 0 Å². The maximum absolute atomic E-state index is 11.4. The smallest absolute Gasteiger partial charge is 0.234 e. The van der Waals surface area contributed by atoms with Crippen LogP contribution in [0.25, 0.3) is 0 Å². The normalized spacial score (nSPS) is 13.6. The maximum atomic E-state index is 11.4. The van der Waals surface area contributed by atoms with Gasteiger partial charge in [0.2, 0.25) is 5.91 Å². The molecule has 0 heterocycles. The third-order valence-electron chi connectivity index (χ3n) is 3.21. The second-order valence-electron chi connectivity index (χ2n) is 4.56. The number of hydrogen-bond acceptors (Lipinski definition) is 3. The summed E-state index contributed by atoms with van der Waals surface area (Å²) in [7, 11) is 0. The zero-order chi connectivity index (χ0) is 14.4. The van der Waals surface area contributed by atoms with Crippen LogP contribution in [0.5, 0.6) is 0 Å². The molecule has 1 aromatic rings. The van der Waals surface area contributed by atoms with Crippen molar-refractivity contribution in [2.45, 2.75) is 32.9 Å². The Balaban J connectivity index is 2.75. The van der Waals surface area contributed by atoms with Gasteiger partial charge in [-0.05, 0) is 23.6 Å². The van der Waals surface area contributed by atoms with E-state index in [2.05, 4.69) is 27.3 Å². The van der Waals surface area contributed by atoms with Crippen molar-refractivity contribution < 1.29 is 4.79 Å². The number of nitrogens with zero attached hydrogens (tertiary/aromatic N) is 1. The molecule has 1 amide bonds. The molecule has 3 N–H and O–H groups in total. The topological polar surface area (TPSA) is 78.9 Å². The number of benzene rings is 1. The Kier molecular flexibility index (Phi) is 6.00. The van der Waals surface area contributed by atoms with Gasteiger partial charge in [0.25, 0.3) is 0 Å². The molecule has 2 atom stereocenters. The highest BCUT2D eigenvalue weighted by Gasteiger charge is 2.20. The van der Waals surface area contributed by atoms with Crippen molar-refractivity contribution in [2.24, 2.45) is 11.7 Å². The molecule has 102 valence electrons. The summed E-state index contributed by atoms with van der Waals surface area (Å²) in [6.45, 7) is 4.56. The molecule has 0 spiro atoms. The first-order valence-corrected chi connectivity index (χ1v) is 7.00. The molecule has 0 aromatic heterocycles. The zero-order valence-electron chi connectivity index (χ0n) is 11.1. The molecular formula is C14H18BrN3O. The minimum atomic E-state index is -0.340. The standard InChI is InChI=1S/C14H18BrN3O/c1-3-9(2)13(14(17)19)18-8-11-5-4-10(7-16)6-12(11)15/h4-6,9,13,18H,3,8H2,1-2H3,(H2,17,19)/t9-,13-/m1/s1. The summed E-state index contributed by atoms with van der Waals surface area (Å²) in [4.78, 5) is 11.4. The number of carbonyl (C=O) groups excluding carboxylic acids is 1. The van der Waals surface area contributed by atoms with E-state index in [0.717, 1.165) is 16.5 Å². The first-order valence-electron chi connectivity index (χ1n) is 6.20. The summed E-state index contributed by atoms with van der Waals surface area (Å²) in [6.07, 6.45) is 0.884. The van der Waals surface area contributed by atoms with Gasteiger partial charge < -0.3 is 11.1 Å². The van der Waals surface area contributed by atoms with E-state index >= 15 is 0 Å². The average molecular weight is 324 g/mol. The summed E-state index contributed by atoms with van der Waals surface area (Å²) in [5.41, 5.74) is 7.00. The highest BCUT2D eigenvalue weighted by atomic mass is 79.9. The number of rotatable bonds is 6. The first-order chi connectivity index (χ1) is 8.99. The fourth-order valence-electron chi connectivity index (χ4n) is 1.80. The highest BCUT2D eigenvalue weighted by molar-refractivity contribution is 9.10. The van der Waals surface area contributed by atoms with Gasteiger partial charge in [0.15, 0.2) is 0 Å². The molecule has 0 fully saturated rings. The zero-order valence-corrected chi connectivity index (χ0v) is 12.7. The van der Waals surface area contributed by atoms with Crippen LogP contribution in [0.15, 0.2) is 22.7 Å². The average Bonchev–Trinajstić information content (AvgIpc) is 2.39. The second kappa shape index (κ2) is 7.27. The quantitative estimate of drug-likeness (QED) is 0.843. The molecule has 19 heavy (non-hydrogen) atoms. The Morgan fingerprint density at radius 3 is 2.74 bits per heavy atom. The van der Waals surface area contributed by atoms with Crippen LogP contribution in [0.2, 0.25) is 0 Å². The number of nitrogens with one attached hydrogen (secondary N) is 1. The lowest BCUT2D eigenvalue weighted by Gasteiger charge is -2.21. The Hall–Kier alpha value is -1.38. The van der Waals surface area contributed by atoms with Gasteiger partial charge in [-0.15, -0.1) is 0 Å². The monoisotopic (exact) mass is 323 g/mol. The Morgan fingerprint density at radius 1 is 1.58 bits per heavy atom. The van der Waals surface area contributed by atoms with Crippen LogP contribution in [0.4, 0.5) is 0 Å². The predicted octanol–water partition coefficient (Wildman–Crippen LogP) is 2.31. The van der Waals surface area contributed by atoms with Gasteiger partial charge in [-0.3, -0.25) is 4.79 Å². The van der Waals surface area contributed by atoms with E-state index in [1.807, 2.05) is 19.9 Å². The van der Waals surface area contributed by atoms with E-state index in [1.165, 1.54) is 0 Å². The summed E-state index contributed by atoms with van der Waals surface area (Å²) in [6, 6.07) is 7.12. The number of hydrogen-bond donors (Lipinski definition) is 2. The van der Waals surface area contributed by atoms with Crippen LogP contribution in [-0.4, -0.2) is 11.9 Å². The van der Waals surface area contributed by atoms with Crippen LogP contribution >= 0.6 is 15.9 Å². The van der Waals surface area contributed by atoms with Gasteiger partial charge in [-0.25, -0.2) is 0 Å². The third kappa shape index (κ3) is 4.34. The van der Waals surface area contributed by atoms with Crippen LogP contribution in [0.3, 0.4) is 0 Å². The fraction of sp³-hybridized carbons (Fsp3) is 0.429. The van der Waals surface area contributed by atoms with Crippen molar-refractivity contribution in [3.63, 3.8) is 0 Å². The van der Waals surface area contributed by atoms with Gasteiger partial charge in [0.1, 0.15) is 0 Å². The minimum Gasteiger partial charge on any atom is -0.368 e. The van der Waals surface area contributed by atoms with E-state index in [-0.39, 0.29) is 17.9 Å².